The van der Waals surface area contributed by atoms with E-state index in [1.54, 1.807) is 11.8 Å². The summed E-state index contributed by atoms with van der Waals surface area (Å²) in [4.78, 5) is 19.1. The molecule has 1 unspecified atom stereocenters. The highest BCUT2D eigenvalue weighted by atomic mass is 32.2. The first kappa shape index (κ1) is 17.2. The quantitative estimate of drug-likeness (QED) is 0.716. The summed E-state index contributed by atoms with van der Waals surface area (Å²) < 4.78 is 1.87. The summed E-state index contributed by atoms with van der Waals surface area (Å²) in [6, 6.07) is 6.35. The maximum Gasteiger partial charge on any atom is 0.272 e. The Hall–Kier alpha value is -1.20. The molecule has 1 atom stereocenters. The van der Waals surface area contributed by atoms with Gasteiger partial charge in [0, 0.05) is 16.9 Å². The molecular weight excluding hydrogens is 348 g/mol. The van der Waals surface area contributed by atoms with Crippen molar-refractivity contribution in [3.05, 3.63) is 45.4 Å². The first-order valence-corrected chi connectivity index (χ1v) is 10.8. The van der Waals surface area contributed by atoms with Crippen LogP contribution in [-0.4, -0.2) is 20.1 Å². The second-order valence-electron chi connectivity index (χ2n) is 7.31. The highest BCUT2D eigenvalue weighted by molar-refractivity contribution is 8.00. The Balaban J connectivity index is 1.87. The van der Waals surface area contributed by atoms with E-state index in [4.69, 9.17) is 4.98 Å². The van der Waals surface area contributed by atoms with Gasteiger partial charge in [0.05, 0.1) is 16.3 Å². The van der Waals surface area contributed by atoms with Crippen LogP contribution in [0.5, 0.6) is 0 Å². The third-order valence-corrected chi connectivity index (χ3v) is 7.42. The third-order valence-electron chi connectivity index (χ3n) is 4.92. The van der Waals surface area contributed by atoms with E-state index >= 15 is 0 Å². The second-order valence-corrected chi connectivity index (χ2v) is 10.0. The molecule has 1 aromatic carbocycles. The van der Waals surface area contributed by atoms with E-state index in [1.165, 1.54) is 36.8 Å². The van der Waals surface area contributed by atoms with Crippen molar-refractivity contribution in [2.75, 3.05) is 0 Å². The SMILES string of the molecule is Cc1cc(C)cc(-n2c(SC3CCCC3)nc3c(c2=O)SC(C)C3)c1. The highest BCUT2D eigenvalue weighted by Crippen LogP contribution is 2.38. The Morgan fingerprint density at radius 3 is 2.52 bits per heavy atom. The van der Waals surface area contributed by atoms with Gasteiger partial charge in [-0.1, -0.05) is 37.6 Å². The van der Waals surface area contributed by atoms with Crippen molar-refractivity contribution in [3.8, 4) is 5.69 Å². The Kier molecular flexibility index (Phi) is 4.71. The number of hydrogen-bond donors (Lipinski definition) is 0. The summed E-state index contributed by atoms with van der Waals surface area (Å²) in [7, 11) is 0. The predicted molar refractivity (Wildman–Crippen MR) is 106 cm³/mol. The van der Waals surface area contributed by atoms with Crippen molar-refractivity contribution in [1.82, 2.24) is 9.55 Å². The Bertz CT molecular complexity index is 848. The van der Waals surface area contributed by atoms with Gasteiger partial charge in [-0.05, 0) is 49.9 Å². The number of aryl methyl sites for hydroxylation is 2. The molecule has 25 heavy (non-hydrogen) atoms. The zero-order valence-electron chi connectivity index (χ0n) is 15.0. The standard InChI is InChI=1S/C20H24N2OS2/c1-12-8-13(2)10-15(9-12)22-19(23)18-17(11-14(3)24-18)21-20(22)25-16-6-4-5-7-16/h8-10,14,16H,4-7,11H2,1-3H3. The van der Waals surface area contributed by atoms with Crippen molar-refractivity contribution in [3.63, 3.8) is 0 Å². The summed E-state index contributed by atoms with van der Waals surface area (Å²) in [6.07, 6.45) is 5.96. The maximum absolute atomic E-state index is 13.3. The topological polar surface area (TPSA) is 34.9 Å². The summed E-state index contributed by atoms with van der Waals surface area (Å²) in [6.45, 7) is 6.35. The molecule has 0 saturated heterocycles. The number of hydrogen-bond acceptors (Lipinski definition) is 4. The van der Waals surface area contributed by atoms with Gasteiger partial charge in [-0.3, -0.25) is 9.36 Å². The van der Waals surface area contributed by atoms with Crippen LogP contribution >= 0.6 is 23.5 Å². The van der Waals surface area contributed by atoms with Crippen LogP contribution in [0.3, 0.4) is 0 Å². The molecule has 0 amide bonds. The minimum absolute atomic E-state index is 0.116. The zero-order chi connectivity index (χ0) is 17.6. The van der Waals surface area contributed by atoms with Gasteiger partial charge in [0.15, 0.2) is 5.16 Å². The fourth-order valence-corrected chi connectivity index (χ4v) is 6.27. The van der Waals surface area contributed by atoms with Crippen molar-refractivity contribution in [2.45, 2.75) is 73.4 Å². The minimum atomic E-state index is 0.116. The molecule has 5 heteroatoms. The van der Waals surface area contributed by atoms with Gasteiger partial charge in [0.2, 0.25) is 0 Å². The number of fused-ring (bicyclic) bond motifs is 1. The second kappa shape index (κ2) is 6.84. The van der Waals surface area contributed by atoms with Crippen LogP contribution in [0, 0.1) is 13.8 Å². The van der Waals surface area contributed by atoms with Crippen molar-refractivity contribution < 1.29 is 0 Å². The van der Waals surface area contributed by atoms with Crippen LogP contribution in [0.15, 0.2) is 33.0 Å². The summed E-state index contributed by atoms with van der Waals surface area (Å²) in [5.74, 6) is 0. The van der Waals surface area contributed by atoms with Crippen molar-refractivity contribution in [1.29, 1.82) is 0 Å². The minimum Gasteiger partial charge on any atom is -0.268 e. The average Bonchev–Trinajstić information content (AvgIpc) is 3.15. The predicted octanol–water partition coefficient (Wildman–Crippen LogP) is 4.92. The van der Waals surface area contributed by atoms with E-state index in [9.17, 15) is 4.79 Å². The Labute approximate surface area is 157 Å². The highest BCUT2D eigenvalue weighted by Gasteiger charge is 2.28. The molecule has 0 N–H and O–H groups in total. The van der Waals surface area contributed by atoms with Gasteiger partial charge in [-0.2, -0.15) is 0 Å². The molecule has 0 radical (unpaired) electrons. The van der Waals surface area contributed by atoms with Gasteiger partial charge in [-0.15, -0.1) is 11.8 Å². The Morgan fingerprint density at radius 1 is 1.16 bits per heavy atom. The molecule has 4 rings (SSSR count). The lowest BCUT2D eigenvalue weighted by atomic mass is 10.1. The molecule has 1 aliphatic heterocycles. The fraction of sp³-hybridized carbons (Fsp3) is 0.500. The van der Waals surface area contributed by atoms with Gasteiger partial charge >= 0.3 is 0 Å². The lowest BCUT2D eigenvalue weighted by Crippen LogP contribution is -2.24. The summed E-state index contributed by atoms with van der Waals surface area (Å²) >= 11 is 3.49. The molecular formula is C20H24N2OS2. The maximum atomic E-state index is 13.3. The van der Waals surface area contributed by atoms with Crippen LogP contribution in [-0.2, 0) is 6.42 Å². The van der Waals surface area contributed by atoms with Gasteiger partial charge in [-0.25, -0.2) is 4.98 Å². The first-order chi connectivity index (χ1) is 12.0. The van der Waals surface area contributed by atoms with Gasteiger partial charge in [0.25, 0.3) is 5.56 Å². The lowest BCUT2D eigenvalue weighted by Gasteiger charge is -2.17. The lowest BCUT2D eigenvalue weighted by molar-refractivity contribution is 0.725. The fourth-order valence-electron chi connectivity index (χ4n) is 3.84. The van der Waals surface area contributed by atoms with Crippen LogP contribution < -0.4 is 5.56 Å². The number of rotatable bonds is 3. The number of nitrogens with zero attached hydrogens (tertiary/aromatic N) is 2. The number of aromatic nitrogens is 2. The zero-order valence-corrected chi connectivity index (χ0v) is 16.7. The molecule has 2 heterocycles. The summed E-state index contributed by atoms with van der Waals surface area (Å²) in [5.41, 5.74) is 4.44. The van der Waals surface area contributed by atoms with Gasteiger partial charge < -0.3 is 0 Å². The third kappa shape index (κ3) is 3.41. The van der Waals surface area contributed by atoms with Crippen LogP contribution in [0.4, 0.5) is 0 Å². The van der Waals surface area contributed by atoms with E-state index in [2.05, 4.69) is 39.0 Å². The molecule has 1 fully saturated rings. The Morgan fingerprint density at radius 2 is 1.84 bits per heavy atom. The van der Waals surface area contributed by atoms with Crippen molar-refractivity contribution in [2.24, 2.45) is 0 Å². The largest absolute Gasteiger partial charge is 0.272 e. The molecule has 2 aliphatic rings. The summed E-state index contributed by atoms with van der Waals surface area (Å²) in [5, 5.41) is 1.92. The average molecular weight is 373 g/mol. The van der Waals surface area contributed by atoms with Gasteiger partial charge in [0.1, 0.15) is 0 Å². The molecule has 3 nitrogen and oxygen atoms in total. The monoisotopic (exact) mass is 372 g/mol. The van der Waals surface area contributed by atoms with E-state index in [1.807, 2.05) is 16.3 Å². The van der Waals surface area contributed by atoms with E-state index < -0.39 is 0 Å². The molecule has 1 aromatic heterocycles. The smallest absolute Gasteiger partial charge is 0.268 e. The van der Waals surface area contributed by atoms with E-state index in [-0.39, 0.29) is 5.56 Å². The van der Waals surface area contributed by atoms with E-state index in [0.29, 0.717) is 10.5 Å². The van der Waals surface area contributed by atoms with Crippen LogP contribution in [0.25, 0.3) is 5.69 Å². The molecule has 0 spiro atoms. The molecule has 1 saturated carbocycles. The molecule has 2 aromatic rings. The van der Waals surface area contributed by atoms with E-state index in [0.717, 1.165) is 27.9 Å². The molecule has 0 bridgehead atoms. The first-order valence-electron chi connectivity index (χ1n) is 9.09. The van der Waals surface area contributed by atoms with Crippen molar-refractivity contribution >= 4 is 23.5 Å². The number of thioether (sulfide) groups is 2. The molecule has 1 aliphatic carbocycles. The van der Waals surface area contributed by atoms with Crippen LogP contribution in [0.1, 0.15) is 49.4 Å². The van der Waals surface area contributed by atoms with Crippen LogP contribution in [0.2, 0.25) is 0 Å². The molecule has 132 valence electrons. The normalized spacial score (nSPS) is 20.2. The number of benzene rings is 1.